The molecule has 0 saturated heterocycles. The fourth-order valence-electron chi connectivity index (χ4n) is 2.30. The molecule has 2 rings (SSSR count). The first-order valence-electron chi connectivity index (χ1n) is 6.81. The van der Waals surface area contributed by atoms with Crippen LogP contribution in [0.4, 0.5) is 11.4 Å². The third-order valence-corrected chi connectivity index (χ3v) is 3.96. The van der Waals surface area contributed by atoms with Crippen molar-refractivity contribution in [3.63, 3.8) is 0 Å². The maximum atomic E-state index is 11.6. The summed E-state index contributed by atoms with van der Waals surface area (Å²) in [5.41, 5.74) is 7.98. The first kappa shape index (κ1) is 14.7. The first-order valence-corrected chi connectivity index (χ1v) is 6.81. The Morgan fingerprint density at radius 3 is 2.75 bits per heavy atom. The molecule has 0 atom stereocenters. The van der Waals surface area contributed by atoms with Crippen LogP contribution >= 0.6 is 0 Å². The fourth-order valence-corrected chi connectivity index (χ4v) is 2.30. The van der Waals surface area contributed by atoms with Crippen LogP contribution in [0.25, 0.3) is 0 Å². The standard InChI is InChI=1S/C15H22N2O3/c1-19-9-8-15(6-7-15)10-17-12-5-3-4-11(13(12)16)14(18)20-2/h3-5,17H,6-10,16H2,1-2H3. The Kier molecular flexibility index (Phi) is 4.49. The van der Waals surface area contributed by atoms with E-state index in [1.807, 2.05) is 6.07 Å². The normalized spacial score (nSPS) is 15.7. The second kappa shape index (κ2) is 6.13. The zero-order valence-electron chi connectivity index (χ0n) is 12.1. The van der Waals surface area contributed by atoms with E-state index in [2.05, 4.69) is 5.32 Å². The number of anilines is 2. The van der Waals surface area contributed by atoms with E-state index in [1.54, 1.807) is 19.2 Å². The number of benzene rings is 1. The SMILES string of the molecule is COCCC1(CNc2cccc(C(=O)OC)c2N)CC1. The molecule has 1 aromatic rings. The van der Waals surface area contributed by atoms with E-state index in [4.69, 9.17) is 15.2 Å². The quantitative estimate of drug-likeness (QED) is 0.591. The molecule has 3 N–H and O–H groups in total. The zero-order valence-corrected chi connectivity index (χ0v) is 12.1. The number of nitrogens with two attached hydrogens (primary N) is 1. The number of nitrogen functional groups attached to an aromatic ring is 1. The molecule has 0 bridgehead atoms. The number of nitrogens with one attached hydrogen (secondary N) is 1. The molecule has 0 aliphatic heterocycles. The highest BCUT2D eigenvalue weighted by Crippen LogP contribution is 2.48. The lowest BCUT2D eigenvalue weighted by atomic mass is 10.0. The average Bonchev–Trinajstić information content (AvgIpc) is 3.24. The molecule has 0 spiro atoms. The summed E-state index contributed by atoms with van der Waals surface area (Å²) in [6.07, 6.45) is 3.47. The number of rotatable bonds is 7. The van der Waals surface area contributed by atoms with E-state index in [0.29, 0.717) is 16.7 Å². The Hall–Kier alpha value is -1.75. The van der Waals surface area contributed by atoms with Crippen molar-refractivity contribution < 1.29 is 14.3 Å². The number of methoxy groups -OCH3 is 2. The van der Waals surface area contributed by atoms with Crippen molar-refractivity contribution in [3.05, 3.63) is 23.8 Å². The fraction of sp³-hybridized carbons (Fsp3) is 0.533. The molecule has 5 heteroatoms. The first-order chi connectivity index (χ1) is 9.62. The minimum Gasteiger partial charge on any atom is -0.465 e. The summed E-state index contributed by atoms with van der Waals surface area (Å²) in [4.78, 5) is 11.6. The zero-order chi connectivity index (χ0) is 14.6. The highest BCUT2D eigenvalue weighted by molar-refractivity contribution is 5.98. The number of para-hydroxylation sites is 1. The third kappa shape index (κ3) is 3.22. The molecule has 1 fully saturated rings. The molecule has 1 aliphatic rings. The monoisotopic (exact) mass is 278 g/mol. The van der Waals surface area contributed by atoms with Crippen molar-refractivity contribution in [2.45, 2.75) is 19.3 Å². The van der Waals surface area contributed by atoms with Crippen LogP contribution in [0.15, 0.2) is 18.2 Å². The van der Waals surface area contributed by atoms with E-state index >= 15 is 0 Å². The maximum absolute atomic E-state index is 11.6. The summed E-state index contributed by atoms with van der Waals surface area (Å²) in [6.45, 7) is 1.63. The summed E-state index contributed by atoms with van der Waals surface area (Å²) >= 11 is 0. The number of hydrogen-bond acceptors (Lipinski definition) is 5. The molecule has 20 heavy (non-hydrogen) atoms. The minimum absolute atomic E-state index is 0.323. The molecule has 0 radical (unpaired) electrons. The number of ether oxygens (including phenoxy) is 2. The largest absolute Gasteiger partial charge is 0.465 e. The van der Waals surface area contributed by atoms with Crippen molar-refractivity contribution >= 4 is 17.3 Å². The summed E-state index contributed by atoms with van der Waals surface area (Å²) < 4.78 is 9.86. The molecule has 5 nitrogen and oxygen atoms in total. The van der Waals surface area contributed by atoms with Gasteiger partial charge in [-0.25, -0.2) is 4.79 Å². The smallest absolute Gasteiger partial charge is 0.340 e. The van der Waals surface area contributed by atoms with Crippen molar-refractivity contribution in [1.82, 2.24) is 0 Å². The van der Waals surface area contributed by atoms with Crippen LogP contribution in [0.2, 0.25) is 0 Å². The molecule has 0 unspecified atom stereocenters. The second-order valence-electron chi connectivity index (χ2n) is 5.35. The third-order valence-electron chi connectivity index (χ3n) is 3.96. The Balaban J connectivity index is 2.01. The lowest BCUT2D eigenvalue weighted by Gasteiger charge is -2.18. The summed E-state index contributed by atoms with van der Waals surface area (Å²) in [5.74, 6) is -0.410. The second-order valence-corrected chi connectivity index (χ2v) is 5.35. The summed E-state index contributed by atoms with van der Waals surface area (Å²) in [7, 11) is 3.08. The van der Waals surface area contributed by atoms with Crippen LogP contribution in [0.5, 0.6) is 0 Å². The van der Waals surface area contributed by atoms with Crippen LogP contribution in [0.1, 0.15) is 29.6 Å². The number of esters is 1. The summed E-state index contributed by atoms with van der Waals surface area (Å²) in [6, 6.07) is 5.36. The van der Waals surface area contributed by atoms with E-state index in [-0.39, 0.29) is 0 Å². The van der Waals surface area contributed by atoms with Crippen molar-refractivity contribution in [3.8, 4) is 0 Å². The van der Waals surface area contributed by atoms with Crippen molar-refractivity contribution in [1.29, 1.82) is 0 Å². The van der Waals surface area contributed by atoms with E-state index in [0.717, 1.165) is 25.3 Å². The highest BCUT2D eigenvalue weighted by atomic mass is 16.5. The van der Waals surface area contributed by atoms with Gasteiger partial charge in [-0.05, 0) is 36.8 Å². The molecule has 0 aromatic heterocycles. The van der Waals surface area contributed by atoms with Gasteiger partial charge in [-0.15, -0.1) is 0 Å². The predicted octanol–water partition coefficient (Wildman–Crippen LogP) is 2.28. The maximum Gasteiger partial charge on any atom is 0.340 e. The van der Waals surface area contributed by atoms with Gasteiger partial charge >= 0.3 is 5.97 Å². The molecular weight excluding hydrogens is 256 g/mol. The minimum atomic E-state index is -0.410. The summed E-state index contributed by atoms with van der Waals surface area (Å²) in [5, 5.41) is 3.36. The Labute approximate surface area is 119 Å². The number of carbonyl (C=O) groups is 1. The van der Waals surface area contributed by atoms with Crippen LogP contribution < -0.4 is 11.1 Å². The highest BCUT2D eigenvalue weighted by Gasteiger charge is 2.41. The topological polar surface area (TPSA) is 73.6 Å². The molecule has 110 valence electrons. The van der Waals surface area contributed by atoms with Gasteiger partial charge in [0.2, 0.25) is 0 Å². The van der Waals surface area contributed by atoms with Gasteiger partial charge in [-0.1, -0.05) is 6.07 Å². The van der Waals surface area contributed by atoms with Gasteiger partial charge in [-0.3, -0.25) is 0 Å². The molecule has 0 heterocycles. The van der Waals surface area contributed by atoms with Crippen LogP contribution in [0, 0.1) is 5.41 Å². The lowest BCUT2D eigenvalue weighted by molar-refractivity contribution is 0.0602. The van der Waals surface area contributed by atoms with Gasteiger partial charge in [0, 0.05) is 20.3 Å². The molecule has 1 aromatic carbocycles. The van der Waals surface area contributed by atoms with Gasteiger partial charge in [0.05, 0.1) is 24.0 Å². The molecule has 1 saturated carbocycles. The Morgan fingerprint density at radius 1 is 1.40 bits per heavy atom. The van der Waals surface area contributed by atoms with Crippen molar-refractivity contribution in [2.75, 3.05) is 38.4 Å². The number of hydrogen-bond donors (Lipinski definition) is 2. The number of carbonyl (C=O) groups excluding carboxylic acids is 1. The van der Waals surface area contributed by atoms with E-state index in [9.17, 15) is 4.79 Å². The predicted molar refractivity (Wildman–Crippen MR) is 78.8 cm³/mol. The Bertz CT molecular complexity index is 484. The van der Waals surface area contributed by atoms with Crippen molar-refractivity contribution in [2.24, 2.45) is 5.41 Å². The average molecular weight is 278 g/mol. The van der Waals surface area contributed by atoms with Gasteiger partial charge in [0.25, 0.3) is 0 Å². The van der Waals surface area contributed by atoms with Gasteiger partial charge in [-0.2, -0.15) is 0 Å². The Morgan fingerprint density at radius 2 is 2.15 bits per heavy atom. The van der Waals surface area contributed by atoms with Crippen LogP contribution in [-0.4, -0.2) is 33.3 Å². The van der Waals surface area contributed by atoms with Crippen LogP contribution in [0.3, 0.4) is 0 Å². The van der Waals surface area contributed by atoms with Crippen LogP contribution in [-0.2, 0) is 9.47 Å². The molecular formula is C15H22N2O3. The van der Waals surface area contributed by atoms with Gasteiger partial charge in [0.1, 0.15) is 0 Å². The molecule has 1 aliphatic carbocycles. The molecule has 0 amide bonds. The van der Waals surface area contributed by atoms with E-state index < -0.39 is 5.97 Å². The van der Waals surface area contributed by atoms with E-state index in [1.165, 1.54) is 20.0 Å². The lowest BCUT2D eigenvalue weighted by Crippen LogP contribution is -2.18. The van der Waals surface area contributed by atoms with Gasteiger partial charge in [0.15, 0.2) is 0 Å². The van der Waals surface area contributed by atoms with Gasteiger partial charge < -0.3 is 20.5 Å².